The van der Waals surface area contributed by atoms with Crippen LogP contribution in [-0.2, 0) is 11.2 Å². The normalized spacial score (nSPS) is 24.6. The Hall–Kier alpha value is -1.08. The fourth-order valence-corrected chi connectivity index (χ4v) is 2.12. The van der Waals surface area contributed by atoms with Gasteiger partial charge in [-0.1, -0.05) is 49.4 Å². The molecule has 0 saturated heterocycles. The summed E-state index contributed by atoms with van der Waals surface area (Å²) in [6, 6.07) is 10.7. The van der Waals surface area contributed by atoms with Crippen LogP contribution in [0.5, 0.6) is 0 Å². The van der Waals surface area contributed by atoms with Crippen molar-refractivity contribution < 1.29 is 4.74 Å². The van der Waals surface area contributed by atoms with Gasteiger partial charge < -0.3 is 4.74 Å². The lowest BCUT2D eigenvalue weighted by Crippen LogP contribution is -2.23. The number of rotatable bonds is 4. The molecule has 0 saturated carbocycles. The van der Waals surface area contributed by atoms with Gasteiger partial charge in [0.25, 0.3) is 0 Å². The molecule has 1 heteroatoms. The summed E-state index contributed by atoms with van der Waals surface area (Å²) in [6.07, 6.45) is 9.62. The summed E-state index contributed by atoms with van der Waals surface area (Å²) in [4.78, 5) is 0. The molecule has 0 N–H and O–H groups in total. The van der Waals surface area contributed by atoms with E-state index in [1.807, 2.05) is 0 Å². The Morgan fingerprint density at radius 2 is 2.06 bits per heavy atom. The van der Waals surface area contributed by atoms with Gasteiger partial charge in [-0.25, -0.2) is 0 Å². The predicted molar refractivity (Wildman–Crippen MR) is 67.5 cm³/mol. The molecule has 1 aliphatic heterocycles. The first-order valence-electron chi connectivity index (χ1n) is 6.24. The number of hydrogen-bond acceptors (Lipinski definition) is 1. The van der Waals surface area contributed by atoms with Gasteiger partial charge in [0.05, 0.1) is 12.2 Å². The first kappa shape index (κ1) is 11.4. The smallest absolute Gasteiger partial charge is 0.0757 e. The van der Waals surface area contributed by atoms with Crippen molar-refractivity contribution in [3.8, 4) is 0 Å². The van der Waals surface area contributed by atoms with Gasteiger partial charge in [-0.3, -0.25) is 0 Å². The molecule has 0 unspecified atom stereocenters. The molecule has 1 heterocycles. The van der Waals surface area contributed by atoms with Crippen LogP contribution in [0.3, 0.4) is 0 Å². The Morgan fingerprint density at radius 1 is 1.25 bits per heavy atom. The van der Waals surface area contributed by atoms with E-state index in [1.54, 1.807) is 0 Å². The summed E-state index contributed by atoms with van der Waals surface area (Å²) < 4.78 is 5.97. The van der Waals surface area contributed by atoms with Crippen molar-refractivity contribution in [2.75, 3.05) is 0 Å². The van der Waals surface area contributed by atoms with Gasteiger partial charge in [0.1, 0.15) is 0 Å². The molecule has 1 nitrogen and oxygen atoms in total. The Labute approximate surface area is 98.1 Å². The maximum absolute atomic E-state index is 5.97. The van der Waals surface area contributed by atoms with E-state index in [0.29, 0.717) is 12.2 Å². The van der Waals surface area contributed by atoms with Crippen molar-refractivity contribution in [1.29, 1.82) is 0 Å². The van der Waals surface area contributed by atoms with E-state index in [4.69, 9.17) is 4.74 Å². The summed E-state index contributed by atoms with van der Waals surface area (Å²) in [7, 11) is 0. The topological polar surface area (TPSA) is 9.23 Å². The van der Waals surface area contributed by atoms with E-state index in [-0.39, 0.29) is 0 Å². The van der Waals surface area contributed by atoms with E-state index < -0.39 is 0 Å². The summed E-state index contributed by atoms with van der Waals surface area (Å²) in [5.74, 6) is 0. The number of benzene rings is 1. The summed E-state index contributed by atoms with van der Waals surface area (Å²) >= 11 is 0. The zero-order valence-electron chi connectivity index (χ0n) is 9.93. The molecule has 0 amide bonds. The fourth-order valence-electron chi connectivity index (χ4n) is 2.12. The van der Waals surface area contributed by atoms with E-state index in [1.165, 1.54) is 5.56 Å². The first-order chi connectivity index (χ1) is 7.88. The highest BCUT2D eigenvalue weighted by Crippen LogP contribution is 2.18. The second kappa shape index (κ2) is 5.86. The quantitative estimate of drug-likeness (QED) is 0.697. The molecule has 16 heavy (non-hydrogen) atoms. The molecule has 0 aliphatic carbocycles. The average molecular weight is 216 g/mol. The van der Waals surface area contributed by atoms with E-state index in [9.17, 15) is 0 Å². The summed E-state index contributed by atoms with van der Waals surface area (Å²) in [6.45, 7) is 2.18. The zero-order valence-corrected chi connectivity index (χ0v) is 9.93. The SMILES string of the molecule is CC[C@@H]1C=CC[C@@H](CCc2ccccc2)O1. The molecule has 1 aromatic rings. The lowest BCUT2D eigenvalue weighted by Gasteiger charge is -2.25. The second-order valence-electron chi connectivity index (χ2n) is 4.39. The van der Waals surface area contributed by atoms with Crippen LogP contribution in [0.4, 0.5) is 0 Å². The molecule has 0 fully saturated rings. The molecular weight excluding hydrogens is 196 g/mol. The minimum Gasteiger partial charge on any atom is -0.371 e. The van der Waals surface area contributed by atoms with Crippen LogP contribution in [0, 0.1) is 0 Å². The molecule has 0 spiro atoms. The standard InChI is InChI=1S/C15H20O/c1-2-14-9-6-10-15(16-14)12-11-13-7-4-3-5-8-13/h3-9,14-15H,2,10-12H2,1H3/t14-,15+/m1/s1. The number of ether oxygens (including phenoxy) is 1. The highest BCUT2D eigenvalue weighted by Gasteiger charge is 2.16. The second-order valence-corrected chi connectivity index (χ2v) is 4.39. The minimum atomic E-state index is 0.342. The van der Waals surface area contributed by atoms with Crippen molar-refractivity contribution in [3.63, 3.8) is 0 Å². The summed E-state index contributed by atoms with van der Waals surface area (Å²) in [5.41, 5.74) is 1.41. The van der Waals surface area contributed by atoms with Crippen LogP contribution in [0.15, 0.2) is 42.5 Å². The van der Waals surface area contributed by atoms with Crippen molar-refractivity contribution in [2.24, 2.45) is 0 Å². The van der Waals surface area contributed by atoms with Gasteiger partial charge in [0, 0.05) is 0 Å². The van der Waals surface area contributed by atoms with Gasteiger partial charge in [0.15, 0.2) is 0 Å². The van der Waals surface area contributed by atoms with Crippen molar-refractivity contribution in [3.05, 3.63) is 48.0 Å². The lowest BCUT2D eigenvalue weighted by atomic mass is 10.0. The van der Waals surface area contributed by atoms with Gasteiger partial charge in [-0.15, -0.1) is 0 Å². The number of hydrogen-bond donors (Lipinski definition) is 0. The van der Waals surface area contributed by atoms with Gasteiger partial charge >= 0.3 is 0 Å². The predicted octanol–water partition coefficient (Wildman–Crippen LogP) is 3.74. The molecule has 86 valence electrons. The Balaban J connectivity index is 1.81. The van der Waals surface area contributed by atoms with E-state index >= 15 is 0 Å². The maximum Gasteiger partial charge on any atom is 0.0757 e. The maximum atomic E-state index is 5.97. The molecule has 0 radical (unpaired) electrons. The molecule has 1 aromatic carbocycles. The van der Waals surface area contributed by atoms with Gasteiger partial charge in [-0.05, 0) is 31.2 Å². The van der Waals surface area contributed by atoms with Gasteiger partial charge in [-0.2, -0.15) is 0 Å². The highest BCUT2D eigenvalue weighted by atomic mass is 16.5. The monoisotopic (exact) mass is 216 g/mol. The van der Waals surface area contributed by atoms with Crippen LogP contribution in [0.2, 0.25) is 0 Å². The molecule has 0 aromatic heterocycles. The Bertz CT molecular complexity index is 329. The van der Waals surface area contributed by atoms with Crippen molar-refractivity contribution in [1.82, 2.24) is 0 Å². The third-order valence-corrected chi connectivity index (χ3v) is 3.12. The number of aryl methyl sites for hydroxylation is 1. The third-order valence-electron chi connectivity index (χ3n) is 3.12. The lowest BCUT2D eigenvalue weighted by molar-refractivity contribution is 0.000502. The van der Waals surface area contributed by atoms with Gasteiger partial charge in [0.2, 0.25) is 0 Å². The first-order valence-corrected chi connectivity index (χ1v) is 6.24. The largest absolute Gasteiger partial charge is 0.371 e. The van der Waals surface area contributed by atoms with E-state index in [0.717, 1.165) is 25.7 Å². The average Bonchev–Trinajstić information content (AvgIpc) is 2.38. The highest BCUT2D eigenvalue weighted by molar-refractivity contribution is 5.14. The molecule has 2 atom stereocenters. The fraction of sp³-hybridized carbons (Fsp3) is 0.467. The van der Waals surface area contributed by atoms with Crippen LogP contribution in [0.25, 0.3) is 0 Å². The van der Waals surface area contributed by atoms with Crippen LogP contribution in [-0.4, -0.2) is 12.2 Å². The third kappa shape index (κ3) is 3.21. The molecule has 1 aliphatic rings. The van der Waals surface area contributed by atoms with Crippen molar-refractivity contribution >= 4 is 0 Å². The van der Waals surface area contributed by atoms with Crippen LogP contribution < -0.4 is 0 Å². The summed E-state index contributed by atoms with van der Waals surface area (Å²) in [5, 5.41) is 0. The van der Waals surface area contributed by atoms with E-state index in [2.05, 4.69) is 49.4 Å². The minimum absolute atomic E-state index is 0.342. The molecular formula is C15H20O. The van der Waals surface area contributed by atoms with Crippen LogP contribution >= 0.6 is 0 Å². The Morgan fingerprint density at radius 3 is 2.81 bits per heavy atom. The van der Waals surface area contributed by atoms with Crippen LogP contribution in [0.1, 0.15) is 31.7 Å². The zero-order chi connectivity index (χ0) is 11.2. The molecule has 0 bridgehead atoms. The molecule has 2 rings (SSSR count). The van der Waals surface area contributed by atoms with Crippen molar-refractivity contribution in [2.45, 2.75) is 44.8 Å². The Kier molecular flexibility index (Phi) is 4.17.